The first-order chi connectivity index (χ1) is 14.2. The highest BCUT2D eigenvalue weighted by atomic mass is 16.5. The number of aryl methyl sites for hydroxylation is 1. The van der Waals surface area contributed by atoms with Crippen molar-refractivity contribution < 1.29 is 12.4 Å². The van der Waals surface area contributed by atoms with E-state index in [2.05, 4.69) is 27.8 Å². The molecular formula is C23H28N4O2. The largest absolute Gasteiger partial charge is 0.380 e. The number of carbonyl (C=O) groups excluding carboxylic acids is 1. The quantitative estimate of drug-likeness (QED) is 0.697. The predicted molar refractivity (Wildman–Crippen MR) is 116 cm³/mol. The van der Waals surface area contributed by atoms with Gasteiger partial charge < -0.3 is 9.64 Å². The summed E-state index contributed by atoms with van der Waals surface area (Å²) in [6.45, 7) is 5.17. The molecule has 2 fully saturated rings. The minimum absolute atomic E-state index is 0. The van der Waals surface area contributed by atoms with Crippen molar-refractivity contribution >= 4 is 17.4 Å². The number of ether oxygens (including phenoxy) is 1. The fourth-order valence-corrected chi connectivity index (χ4v) is 4.33. The van der Waals surface area contributed by atoms with Crippen LogP contribution in [0.5, 0.6) is 0 Å². The van der Waals surface area contributed by atoms with Gasteiger partial charge in [-0.3, -0.25) is 14.7 Å². The number of hydrogen-bond donors (Lipinski definition) is 0. The maximum atomic E-state index is 13.1. The zero-order chi connectivity index (χ0) is 19.8. The van der Waals surface area contributed by atoms with Crippen LogP contribution in [0.3, 0.4) is 0 Å². The van der Waals surface area contributed by atoms with Gasteiger partial charge in [0.15, 0.2) is 5.82 Å². The molecule has 6 heteroatoms. The van der Waals surface area contributed by atoms with Crippen molar-refractivity contribution in [2.75, 3.05) is 36.1 Å². The number of hydrogen-bond acceptors (Lipinski definition) is 5. The number of nitrogens with zero attached hydrogens (tertiary/aromatic N) is 4. The minimum atomic E-state index is -0.157. The van der Waals surface area contributed by atoms with E-state index >= 15 is 0 Å². The number of amides is 1. The normalized spacial score (nSPS) is 22.7. The van der Waals surface area contributed by atoms with Gasteiger partial charge in [0.1, 0.15) is 0 Å². The van der Waals surface area contributed by atoms with Gasteiger partial charge in [-0.15, -0.1) is 0 Å². The third-order valence-electron chi connectivity index (χ3n) is 5.92. The van der Waals surface area contributed by atoms with Crippen LogP contribution in [-0.4, -0.2) is 48.2 Å². The van der Waals surface area contributed by atoms with Crippen molar-refractivity contribution in [1.29, 1.82) is 0 Å². The first kappa shape index (κ1) is 18.1. The molecule has 3 aliphatic rings. The number of fused-ring (bicyclic) bond motifs is 4. The fourth-order valence-electron chi connectivity index (χ4n) is 4.33. The summed E-state index contributed by atoms with van der Waals surface area (Å²) in [5, 5.41) is 0. The van der Waals surface area contributed by atoms with Gasteiger partial charge in [0, 0.05) is 45.9 Å². The SMILES string of the molecule is Cc1ccc(-c2ccc3c(n2)N(C(=O)C#CC2CCCOC2)C2CCN3C2)cn1.[HH].[HH]. The fraction of sp³-hybridized carbons (Fsp3) is 0.435. The van der Waals surface area contributed by atoms with Crippen LogP contribution in [-0.2, 0) is 9.53 Å². The van der Waals surface area contributed by atoms with E-state index in [-0.39, 0.29) is 20.7 Å². The van der Waals surface area contributed by atoms with Crippen molar-refractivity contribution in [3.63, 3.8) is 0 Å². The number of rotatable bonds is 1. The third-order valence-corrected chi connectivity index (χ3v) is 5.92. The van der Waals surface area contributed by atoms with E-state index in [1.165, 1.54) is 0 Å². The Labute approximate surface area is 173 Å². The van der Waals surface area contributed by atoms with Gasteiger partial charge in [0.05, 0.1) is 24.0 Å². The molecule has 3 aliphatic heterocycles. The zero-order valence-corrected chi connectivity index (χ0v) is 16.6. The van der Waals surface area contributed by atoms with Crippen LogP contribution in [0.15, 0.2) is 30.5 Å². The van der Waals surface area contributed by atoms with E-state index in [4.69, 9.17) is 9.72 Å². The summed E-state index contributed by atoms with van der Waals surface area (Å²) in [6.07, 6.45) is 4.78. The summed E-state index contributed by atoms with van der Waals surface area (Å²) in [7, 11) is 0. The summed E-state index contributed by atoms with van der Waals surface area (Å²) in [6, 6.07) is 8.21. The van der Waals surface area contributed by atoms with Crippen LogP contribution in [0.25, 0.3) is 11.3 Å². The van der Waals surface area contributed by atoms with Crippen LogP contribution in [0, 0.1) is 24.7 Å². The average Bonchev–Trinajstić information content (AvgIpc) is 3.17. The molecule has 29 heavy (non-hydrogen) atoms. The van der Waals surface area contributed by atoms with Gasteiger partial charge in [-0.1, -0.05) is 5.92 Å². The molecule has 0 radical (unpaired) electrons. The van der Waals surface area contributed by atoms with Crippen molar-refractivity contribution in [2.45, 2.75) is 32.2 Å². The Balaban J connectivity index is 0.00000136. The summed E-state index contributed by atoms with van der Waals surface area (Å²) in [4.78, 5) is 26.5. The Morgan fingerprint density at radius 3 is 3.00 bits per heavy atom. The lowest BCUT2D eigenvalue weighted by molar-refractivity contribution is -0.113. The van der Waals surface area contributed by atoms with Gasteiger partial charge in [0.2, 0.25) is 0 Å². The average molecular weight is 393 g/mol. The molecule has 0 aromatic carbocycles. The molecule has 0 spiro atoms. The van der Waals surface area contributed by atoms with E-state index in [1.807, 2.05) is 36.2 Å². The maximum Gasteiger partial charge on any atom is 0.304 e. The Morgan fingerprint density at radius 2 is 2.21 bits per heavy atom. The smallest absolute Gasteiger partial charge is 0.304 e. The van der Waals surface area contributed by atoms with Gasteiger partial charge in [-0.05, 0) is 56.4 Å². The molecule has 0 N–H and O–H groups in total. The van der Waals surface area contributed by atoms with Gasteiger partial charge in [0.25, 0.3) is 0 Å². The summed E-state index contributed by atoms with van der Waals surface area (Å²) in [5.41, 5.74) is 3.75. The second kappa shape index (κ2) is 7.49. The highest BCUT2D eigenvalue weighted by Gasteiger charge is 2.39. The van der Waals surface area contributed by atoms with Crippen LogP contribution >= 0.6 is 0 Å². The Kier molecular flexibility index (Phi) is 4.69. The molecule has 2 bridgehead atoms. The van der Waals surface area contributed by atoms with Crippen molar-refractivity contribution in [3.05, 3.63) is 36.2 Å². The van der Waals surface area contributed by atoms with Gasteiger partial charge in [-0.25, -0.2) is 4.98 Å². The molecule has 2 saturated heterocycles. The molecule has 0 aliphatic carbocycles. The lowest BCUT2D eigenvalue weighted by atomic mass is 10.0. The minimum Gasteiger partial charge on any atom is -0.380 e. The van der Waals surface area contributed by atoms with Crippen LogP contribution in [0.1, 0.15) is 27.8 Å². The third kappa shape index (κ3) is 3.47. The molecule has 2 aromatic heterocycles. The zero-order valence-electron chi connectivity index (χ0n) is 16.6. The highest BCUT2D eigenvalue weighted by Crippen LogP contribution is 2.40. The number of aromatic nitrogens is 2. The molecule has 5 rings (SSSR count). The molecular weight excluding hydrogens is 364 g/mol. The molecule has 0 saturated carbocycles. The van der Waals surface area contributed by atoms with E-state index in [0.29, 0.717) is 6.61 Å². The van der Waals surface area contributed by atoms with Gasteiger partial charge in [-0.2, -0.15) is 0 Å². The monoisotopic (exact) mass is 392 g/mol. The molecule has 5 heterocycles. The number of carbonyl (C=O) groups is 1. The van der Waals surface area contributed by atoms with Crippen molar-refractivity contribution in [1.82, 2.24) is 9.97 Å². The Bertz CT molecular complexity index is 997. The van der Waals surface area contributed by atoms with E-state index in [0.717, 1.165) is 67.4 Å². The molecule has 6 nitrogen and oxygen atoms in total. The van der Waals surface area contributed by atoms with Crippen LogP contribution in [0.4, 0.5) is 11.5 Å². The Morgan fingerprint density at radius 1 is 1.28 bits per heavy atom. The molecule has 2 unspecified atom stereocenters. The number of anilines is 2. The molecule has 2 atom stereocenters. The maximum absolute atomic E-state index is 13.1. The standard InChI is InChI=1S/C23H24N4O2.2H2/c1-16-4-6-18(13-24-16)20-7-8-21-23(25-20)27(19-10-11-26(21)14-19)22(28)9-5-17-3-2-12-29-15-17;;/h4,6-8,13,17,19H,2-3,10-12,14-15H2,1H3;2*1H. The predicted octanol–water partition coefficient (Wildman–Crippen LogP) is 3.30. The first-order valence-corrected chi connectivity index (χ1v) is 10.3. The topological polar surface area (TPSA) is 58.6 Å². The van der Waals surface area contributed by atoms with Crippen LogP contribution in [0.2, 0.25) is 0 Å². The van der Waals surface area contributed by atoms with Crippen molar-refractivity contribution in [2.24, 2.45) is 5.92 Å². The second-order valence-electron chi connectivity index (χ2n) is 7.97. The van der Waals surface area contributed by atoms with E-state index in [1.54, 1.807) is 0 Å². The molecule has 2 aromatic rings. The van der Waals surface area contributed by atoms with Gasteiger partial charge >= 0.3 is 5.91 Å². The summed E-state index contributed by atoms with van der Waals surface area (Å²) in [5.74, 6) is 6.75. The lowest BCUT2D eigenvalue weighted by Gasteiger charge is -2.35. The first-order valence-electron chi connectivity index (χ1n) is 10.3. The second-order valence-corrected chi connectivity index (χ2v) is 7.97. The van der Waals surface area contributed by atoms with E-state index < -0.39 is 0 Å². The lowest BCUT2D eigenvalue weighted by Crippen LogP contribution is -2.46. The summed E-state index contributed by atoms with van der Waals surface area (Å²) < 4.78 is 5.49. The summed E-state index contributed by atoms with van der Waals surface area (Å²) >= 11 is 0. The molecule has 152 valence electrons. The number of pyridine rings is 2. The Hall–Kier alpha value is -2.91. The molecule has 1 amide bonds. The highest BCUT2D eigenvalue weighted by molar-refractivity contribution is 6.08. The van der Waals surface area contributed by atoms with Crippen molar-refractivity contribution in [3.8, 4) is 23.1 Å². The van der Waals surface area contributed by atoms with E-state index in [9.17, 15) is 4.79 Å². The van der Waals surface area contributed by atoms with Crippen LogP contribution < -0.4 is 9.80 Å².